The molecular formula is C19H28N4O3. The average molecular weight is 360 g/mol. The SMILES string of the molecule is O=C(O)CCNc1cccc(C(=O)N2CCN(C3CCNCC3)CC2)c1. The molecule has 26 heavy (non-hydrogen) atoms. The van der Waals surface area contributed by atoms with Crippen LogP contribution in [-0.4, -0.2) is 78.6 Å². The molecule has 1 aromatic rings. The lowest BCUT2D eigenvalue weighted by Gasteiger charge is -2.40. The zero-order chi connectivity index (χ0) is 18.4. The number of piperazine rings is 1. The van der Waals surface area contributed by atoms with Gasteiger partial charge in [-0.2, -0.15) is 0 Å². The monoisotopic (exact) mass is 360 g/mol. The van der Waals surface area contributed by atoms with E-state index in [1.165, 1.54) is 12.8 Å². The number of nitrogens with zero attached hydrogens (tertiary/aromatic N) is 2. The zero-order valence-corrected chi connectivity index (χ0v) is 15.1. The molecule has 0 bridgehead atoms. The van der Waals surface area contributed by atoms with Gasteiger partial charge in [0.2, 0.25) is 0 Å². The molecule has 2 fully saturated rings. The van der Waals surface area contributed by atoms with E-state index in [1.54, 1.807) is 0 Å². The van der Waals surface area contributed by atoms with E-state index >= 15 is 0 Å². The summed E-state index contributed by atoms with van der Waals surface area (Å²) >= 11 is 0. The minimum absolute atomic E-state index is 0.0524. The fourth-order valence-electron chi connectivity index (χ4n) is 3.72. The van der Waals surface area contributed by atoms with Crippen LogP contribution in [0.25, 0.3) is 0 Å². The topological polar surface area (TPSA) is 84.9 Å². The molecule has 2 aliphatic rings. The molecule has 7 heteroatoms. The highest BCUT2D eigenvalue weighted by Crippen LogP contribution is 2.17. The number of hydrogen-bond acceptors (Lipinski definition) is 5. The van der Waals surface area contributed by atoms with Gasteiger partial charge in [0.05, 0.1) is 6.42 Å². The predicted octanol–water partition coefficient (Wildman–Crippen LogP) is 1.08. The Kier molecular flexibility index (Phi) is 6.46. The minimum atomic E-state index is -0.837. The number of rotatable bonds is 6. The quantitative estimate of drug-likeness (QED) is 0.704. The number of nitrogens with one attached hydrogen (secondary N) is 2. The summed E-state index contributed by atoms with van der Waals surface area (Å²) in [6.45, 7) is 5.93. The van der Waals surface area contributed by atoms with Crippen molar-refractivity contribution < 1.29 is 14.7 Å². The second kappa shape index (κ2) is 9.00. The molecule has 1 amide bonds. The normalized spacial score (nSPS) is 19.3. The molecule has 0 radical (unpaired) electrons. The molecule has 0 spiro atoms. The molecule has 0 unspecified atom stereocenters. The maximum atomic E-state index is 12.8. The van der Waals surface area contributed by atoms with E-state index in [4.69, 9.17) is 5.11 Å². The Balaban J connectivity index is 1.52. The number of amides is 1. The highest BCUT2D eigenvalue weighted by Gasteiger charge is 2.27. The number of aliphatic carboxylic acids is 1. The minimum Gasteiger partial charge on any atom is -0.481 e. The Morgan fingerprint density at radius 3 is 2.58 bits per heavy atom. The van der Waals surface area contributed by atoms with Crippen LogP contribution in [0.1, 0.15) is 29.6 Å². The lowest BCUT2D eigenvalue weighted by molar-refractivity contribution is -0.136. The summed E-state index contributed by atoms with van der Waals surface area (Å²) in [5.74, 6) is -0.784. The molecular weight excluding hydrogens is 332 g/mol. The van der Waals surface area contributed by atoms with Gasteiger partial charge in [-0.1, -0.05) is 6.07 Å². The molecule has 142 valence electrons. The first-order valence-electron chi connectivity index (χ1n) is 9.43. The maximum Gasteiger partial charge on any atom is 0.305 e. The van der Waals surface area contributed by atoms with Crippen LogP contribution < -0.4 is 10.6 Å². The average Bonchev–Trinajstić information content (AvgIpc) is 2.68. The van der Waals surface area contributed by atoms with Crippen molar-refractivity contribution in [1.82, 2.24) is 15.1 Å². The second-order valence-electron chi connectivity index (χ2n) is 6.96. The van der Waals surface area contributed by atoms with E-state index in [0.717, 1.165) is 45.0 Å². The van der Waals surface area contributed by atoms with Gasteiger partial charge in [-0.15, -0.1) is 0 Å². The molecule has 0 aliphatic carbocycles. The Hall–Kier alpha value is -2.12. The molecule has 1 aromatic carbocycles. The van der Waals surface area contributed by atoms with Gasteiger partial charge in [0.25, 0.3) is 5.91 Å². The number of piperidine rings is 1. The van der Waals surface area contributed by atoms with Gasteiger partial charge >= 0.3 is 5.97 Å². The molecule has 2 heterocycles. The molecule has 0 aromatic heterocycles. The molecule has 2 saturated heterocycles. The largest absolute Gasteiger partial charge is 0.481 e. The lowest BCUT2D eigenvalue weighted by atomic mass is 10.0. The fourth-order valence-corrected chi connectivity index (χ4v) is 3.72. The first-order chi connectivity index (χ1) is 12.6. The van der Waals surface area contributed by atoms with Crippen LogP contribution in [0, 0.1) is 0 Å². The molecule has 3 N–H and O–H groups in total. The second-order valence-corrected chi connectivity index (χ2v) is 6.96. The van der Waals surface area contributed by atoms with E-state index < -0.39 is 5.97 Å². The summed E-state index contributed by atoms with van der Waals surface area (Å²) in [5, 5.41) is 15.2. The first kappa shape index (κ1) is 18.7. The number of carboxylic acids is 1. The zero-order valence-electron chi connectivity index (χ0n) is 15.1. The Bertz CT molecular complexity index is 623. The summed E-state index contributed by atoms with van der Waals surface area (Å²) in [6.07, 6.45) is 2.44. The third-order valence-electron chi connectivity index (χ3n) is 5.20. The van der Waals surface area contributed by atoms with E-state index in [0.29, 0.717) is 18.2 Å². The van der Waals surface area contributed by atoms with Crippen LogP contribution in [0.5, 0.6) is 0 Å². The molecule has 3 rings (SSSR count). The van der Waals surface area contributed by atoms with Crippen LogP contribution >= 0.6 is 0 Å². The van der Waals surface area contributed by atoms with Crippen molar-refractivity contribution in [3.8, 4) is 0 Å². The van der Waals surface area contributed by atoms with E-state index in [9.17, 15) is 9.59 Å². The van der Waals surface area contributed by atoms with Crippen molar-refractivity contribution in [3.05, 3.63) is 29.8 Å². The maximum absolute atomic E-state index is 12.8. The number of benzene rings is 1. The third kappa shape index (κ3) is 4.95. The molecule has 0 atom stereocenters. The van der Waals surface area contributed by atoms with Gasteiger partial charge in [0.15, 0.2) is 0 Å². The Labute approximate surface area is 154 Å². The summed E-state index contributed by atoms with van der Waals surface area (Å²) in [6, 6.07) is 7.97. The van der Waals surface area contributed by atoms with Crippen molar-refractivity contribution in [3.63, 3.8) is 0 Å². The van der Waals surface area contributed by atoms with Gasteiger partial charge in [-0.25, -0.2) is 0 Å². The Morgan fingerprint density at radius 2 is 1.88 bits per heavy atom. The van der Waals surface area contributed by atoms with Crippen LogP contribution in [0.2, 0.25) is 0 Å². The van der Waals surface area contributed by atoms with Gasteiger partial charge in [-0.3, -0.25) is 14.5 Å². The van der Waals surface area contributed by atoms with Crippen molar-refractivity contribution in [2.75, 3.05) is 51.1 Å². The number of hydrogen-bond donors (Lipinski definition) is 3. The highest BCUT2D eigenvalue weighted by atomic mass is 16.4. The third-order valence-corrected chi connectivity index (χ3v) is 5.20. The summed E-state index contributed by atoms with van der Waals surface area (Å²) in [4.78, 5) is 27.8. The van der Waals surface area contributed by atoms with Crippen LogP contribution in [0.15, 0.2) is 24.3 Å². The van der Waals surface area contributed by atoms with Crippen molar-refractivity contribution >= 4 is 17.6 Å². The summed E-state index contributed by atoms with van der Waals surface area (Å²) in [7, 11) is 0. The van der Waals surface area contributed by atoms with Crippen LogP contribution in [-0.2, 0) is 4.79 Å². The molecule has 7 nitrogen and oxygen atoms in total. The van der Waals surface area contributed by atoms with E-state index in [2.05, 4.69) is 15.5 Å². The highest BCUT2D eigenvalue weighted by molar-refractivity contribution is 5.95. The number of carboxylic acid groups (broad SMARTS) is 1. The molecule has 0 saturated carbocycles. The van der Waals surface area contributed by atoms with Crippen molar-refractivity contribution in [1.29, 1.82) is 0 Å². The lowest BCUT2D eigenvalue weighted by Crippen LogP contribution is -2.53. The van der Waals surface area contributed by atoms with Gasteiger partial charge in [0, 0.05) is 50.0 Å². The van der Waals surface area contributed by atoms with Crippen molar-refractivity contribution in [2.24, 2.45) is 0 Å². The van der Waals surface area contributed by atoms with E-state index in [1.807, 2.05) is 29.2 Å². The standard InChI is InChI=1S/C19H28N4O3/c24-18(25)6-9-21-16-3-1-2-15(14-16)19(26)23-12-10-22(11-13-23)17-4-7-20-8-5-17/h1-3,14,17,20-21H,4-13H2,(H,24,25). The van der Waals surface area contributed by atoms with E-state index in [-0.39, 0.29) is 12.3 Å². The van der Waals surface area contributed by atoms with Crippen molar-refractivity contribution in [2.45, 2.75) is 25.3 Å². The summed E-state index contributed by atoms with van der Waals surface area (Å²) < 4.78 is 0. The van der Waals surface area contributed by atoms with Crippen LogP contribution in [0.4, 0.5) is 5.69 Å². The fraction of sp³-hybridized carbons (Fsp3) is 0.579. The van der Waals surface area contributed by atoms with Gasteiger partial charge in [0.1, 0.15) is 0 Å². The first-order valence-corrected chi connectivity index (χ1v) is 9.43. The molecule has 2 aliphatic heterocycles. The smallest absolute Gasteiger partial charge is 0.305 e. The van der Waals surface area contributed by atoms with Crippen LogP contribution in [0.3, 0.4) is 0 Å². The number of carbonyl (C=O) groups is 2. The van der Waals surface area contributed by atoms with Gasteiger partial charge < -0.3 is 20.6 Å². The number of anilines is 1. The predicted molar refractivity (Wildman–Crippen MR) is 101 cm³/mol. The Morgan fingerprint density at radius 1 is 1.15 bits per heavy atom. The van der Waals surface area contributed by atoms with Gasteiger partial charge in [-0.05, 0) is 44.1 Å². The summed E-state index contributed by atoms with van der Waals surface area (Å²) in [5.41, 5.74) is 1.44. The number of carbonyl (C=O) groups excluding carboxylic acids is 1.